The summed E-state index contributed by atoms with van der Waals surface area (Å²) in [5.41, 5.74) is 7.89. The molecule has 2 aromatic rings. The largest absolute Gasteiger partial charge is 0.475 e. The van der Waals surface area contributed by atoms with Gasteiger partial charge >= 0.3 is 0 Å². The molecule has 2 rings (SSSR count). The van der Waals surface area contributed by atoms with Gasteiger partial charge in [-0.05, 0) is 19.1 Å². The quantitative estimate of drug-likeness (QED) is 0.816. The molecule has 2 N–H and O–H groups in total. The van der Waals surface area contributed by atoms with E-state index in [9.17, 15) is 0 Å². The van der Waals surface area contributed by atoms with Crippen LogP contribution >= 0.6 is 0 Å². The zero-order valence-corrected chi connectivity index (χ0v) is 8.60. The molecule has 0 aliphatic rings. The summed E-state index contributed by atoms with van der Waals surface area (Å²) in [5.74, 6) is 0.569. The van der Waals surface area contributed by atoms with Gasteiger partial charge in [0, 0.05) is 6.54 Å². The Hall–Kier alpha value is -1.68. The second-order valence-corrected chi connectivity index (χ2v) is 3.24. The molecule has 1 heterocycles. The number of ether oxygens (including phenoxy) is 1. The Morgan fingerprint density at radius 2 is 1.87 bits per heavy atom. The summed E-state index contributed by atoms with van der Waals surface area (Å²) in [5, 5.41) is 0. The molecule has 4 heteroatoms. The number of nitrogens with two attached hydrogens (primary N) is 1. The van der Waals surface area contributed by atoms with Crippen LogP contribution in [-0.2, 0) is 0 Å². The van der Waals surface area contributed by atoms with Crippen molar-refractivity contribution in [3.8, 4) is 5.88 Å². The Labute approximate surface area is 88.1 Å². The summed E-state index contributed by atoms with van der Waals surface area (Å²) in [6.07, 6.45) is 0. The number of hydrogen-bond acceptors (Lipinski definition) is 4. The Kier molecular flexibility index (Phi) is 2.78. The van der Waals surface area contributed by atoms with E-state index in [0.29, 0.717) is 19.0 Å². The van der Waals surface area contributed by atoms with E-state index in [0.717, 1.165) is 16.7 Å². The van der Waals surface area contributed by atoms with Gasteiger partial charge in [-0.2, -0.15) is 0 Å². The van der Waals surface area contributed by atoms with Crippen molar-refractivity contribution in [2.24, 2.45) is 5.73 Å². The van der Waals surface area contributed by atoms with E-state index < -0.39 is 0 Å². The summed E-state index contributed by atoms with van der Waals surface area (Å²) in [6, 6.07) is 7.72. The molecule has 0 aliphatic carbocycles. The summed E-state index contributed by atoms with van der Waals surface area (Å²) in [6.45, 7) is 2.83. The molecule has 0 bridgehead atoms. The predicted molar refractivity (Wildman–Crippen MR) is 58.8 cm³/mol. The first-order valence-corrected chi connectivity index (χ1v) is 4.87. The van der Waals surface area contributed by atoms with Crippen LogP contribution in [0.4, 0.5) is 0 Å². The minimum atomic E-state index is 0.466. The molecule has 0 aliphatic heterocycles. The van der Waals surface area contributed by atoms with E-state index in [1.165, 1.54) is 0 Å². The van der Waals surface area contributed by atoms with Crippen molar-refractivity contribution in [2.75, 3.05) is 13.2 Å². The molecule has 0 spiro atoms. The third kappa shape index (κ3) is 2.05. The first-order valence-electron chi connectivity index (χ1n) is 4.87. The lowest BCUT2D eigenvalue weighted by Gasteiger charge is -2.07. The fourth-order valence-electron chi connectivity index (χ4n) is 1.36. The number of hydrogen-bond donors (Lipinski definition) is 1. The lowest BCUT2D eigenvalue weighted by atomic mass is 10.3. The highest BCUT2D eigenvalue weighted by Gasteiger charge is 2.04. The van der Waals surface area contributed by atoms with Crippen molar-refractivity contribution < 1.29 is 4.74 Å². The maximum atomic E-state index is 5.40. The van der Waals surface area contributed by atoms with Crippen LogP contribution in [-0.4, -0.2) is 23.1 Å². The Morgan fingerprint density at radius 1 is 1.20 bits per heavy atom. The van der Waals surface area contributed by atoms with Gasteiger partial charge in [-0.3, -0.25) is 0 Å². The summed E-state index contributed by atoms with van der Waals surface area (Å²) in [7, 11) is 0. The summed E-state index contributed by atoms with van der Waals surface area (Å²) < 4.78 is 5.40. The zero-order chi connectivity index (χ0) is 10.7. The van der Waals surface area contributed by atoms with E-state index in [2.05, 4.69) is 9.97 Å². The standard InChI is InChI=1S/C11H13N3O/c1-8-11(15-7-6-12)14-10-5-3-2-4-9(10)13-8/h2-5H,6-7,12H2,1H3. The van der Waals surface area contributed by atoms with Crippen LogP contribution in [0, 0.1) is 6.92 Å². The average molecular weight is 203 g/mol. The van der Waals surface area contributed by atoms with Crippen LogP contribution in [0.2, 0.25) is 0 Å². The van der Waals surface area contributed by atoms with Crippen molar-refractivity contribution in [1.82, 2.24) is 9.97 Å². The molecule has 1 aromatic heterocycles. The summed E-state index contributed by atoms with van der Waals surface area (Å²) in [4.78, 5) is 8.77. The van der Waals surface area contributed by atoms with Crippen molar-refractivity contribution >= 4 is 11.0 Å². The van der Waals surface area contributed by atoms with Crippen LogP contribution in [0.5, 0.6) is 5.88 Å². The normalized spacial score (nSPS) is 10.5. The van der Waals surface area contributed by atoms with Crippen molar-refractivity contribution in [3.05, 3.63) is 30.0 Å². The molecule has 0 amide bonds. The number of nitrogens with zero attached hydrogens (tertiary/aromatic N) is 2. The molecule has 78 valence electrons. The second kappa shape index (κ2) is 4.23. The third-order valence-electron chi connectivity index (χ3n) is 2.06. The molecule has 0 saturated heterocycles. The first-order chi connectivity index (χ1) is 7.31. The fraction of sp³-hybridized carbons (Fsp3) is 0.273. The lowest BCUT2D eigenvalue weighted by Crippen LogP contribution is -2.12. The maximum Gasteiger partial charge on any atom is 0.235 e. The van der Waals surface area contributed by atoms with Crippen molar-refractivity contribution in [2.45, 2.75) is 6.92 Å². The highest BCUT2D eigenvalue weighted by atomic mass is 16.5. The Bertz CT molecular complexity index is 470. The van der Waals surface area contributed by atoms with E-state index in [1.807, 2.05) is 31.2 Å². The van der Waals surface area contributed by atoms with Crippen LogP contribution in [0.3, 0.4) is 0 Å². The van der Waals surface area contributed by atoms with Crippen LogP contribution in [0.25, 0.3) is 11.0 Å². The molecular weight excluding hydrogens is 190 g/mol. The predicted octanol–water partition coefficient (Wildman–Crippen LogP) is 1.28. The van der Waals surface area contributed by atoms with Gasteiger partial charge in [-0.1, -0.05) is 12.1 Å². The Balaban J connectivity index is 2.43. The van der Waals surface area contributed by atoms with E-state index in [1.54, 1.807) is 0 Å². The molecule has 0 unspecified atom stereocenters. The monoisotopic (exact) mass is 203 g/mol. The van der Waals surface area contributed by atoms with Gasteiger partial charge < -0.3 is 10.5 Å². The highest BCUT2D eigenvalue weighted by molar-refractivity contribution is 5.74. The van der Waals surface area contributed by atoms with Crippen LogP contribution < -0.4 is 10.5 Å². The zero-order valence-electron chi connectivity index (χ0n) is 8.60. The summed E-state index contributed by atoms with van der Waals surface area (Å²) >= 11 is 0. The van der Waals surface area contributed by atoms with E-state index in [4.69, 9.17) is 10.5 Å². The van der Waals surface area contributed by atoms with Gasteiger partial charge in [-0.15, -0.1) is 0 Å². The van der Waals surface area contributed by atoms with Gasteiger partial charge in [0.15, 0.2) is 0 Å². The minimum Gasteiger partial charge on any atom is -0.475 e. The number of rotatable bonds is 3. The van der Waals surface area contributed by atoms with Crippen molar-refractivity contribution in [1.29, 1.82) is 0 Å². The Morgan fingerprint density at radius 3 is 2.53 bits per heavy atom. The van der Waals surface area contributed by atoms with E-state index >= 15 is 0 Å². The lowest BCUT2D eigenvalue weighted by molar-refractivity contribution is 0.313. The topological polar surface area (TPSA) is 61.0 Å². The maximum absolute atomic E-state index is 5.40. The van der Waals surface area contributed by atoms with Crippen LogP contribution in [0.15, 0.2) is 24.3 Å². The SMILES string of the molecule is Cc1nc2ccccc2nc1OCCN. The van der Waals surface area contributed by atoms with Gasteiger partial charge in [-0.25, -0.2) is 9.97 Å². The van der Waals surface area contributed by atoms with Crippen LogP contribution in [0.1, 0.15) is 5.69 Å². The molecular formula is C11H13N3O. The molecule has 0 radical (unpaired) electrons. The molecule has 1 aromatic carbocycles. The molecule has 0 atom stereocenters. The fourth-order valence-corrected chi connectivity index (χ4v) is 1.36. The van der Waals surface area contributed by atoms with Crippen molar-refractivity contribution in [3.63, 3.8) is 0 Å². The van der Waals surface area contributed by atoms with Gasteiger partial charge in [0.25, 0.3) is 0 Å². The first kappa shape index (κ1) is 9.86. The number of fused-ring (bicyclic) bond motifs is 1. The van der Waals surface area contributed by atoms with Gasteiger partial charge in [0.05, 0.1) is 11.0 Å². The van der Waals surface area contributed by atoms with E-state index in [-0.39, 0.29) is 0 Å². The number of benzene rings is 1. The second-order valence-electron chi connectivity index (χ2n) is 3.24. The minimum absolute atomic E-state index is 0.466. The molecule has 0 fully saturated rings. The molecule has 0 saturated carbocycles. The van der Waals surface area contributed by atoms with Gasteiger partial charge in [0.2, 0.25) is 5.88 Å². The molecule has 15 heavy (non-hydrogen) atoms. The number of para-hydroxylation sites is 2. The van der Waals surface area contributed by atoms with Gasteiger partial charge in [0.1, 0.15) is 12.3 Å². The average Bonchev–Trinajstić information content (AvgIpc) is 2.26. The number of aryl methyl sites for hydroxylation is 1. The third-order valence-corrected chi connectivity index (χ3v) is 2.06. The highest BCUT2D eigenvalue weighted by Crippen LogP contribution is 2.17. The smallest absolute Gasteiger partial charge is 0.235 e. The number of aromatic nitrogens is 2. The molecule has 4 nitrogen and oxygen atoms in total.